The van der Waals surface area contributed by atoms with Gasteiger partial charge in [-0.2, -0.15) is 0 Å². The van der Waals surface area contributed by atoms with Gasteiger partial charge in [0.2, 0.25) is 0 Å². The number of nitrogens with zero attached hydrogens (tertiary/aromatic N) is 1. The molecule has 0 amide bonds. The molecule has 0 spiro atoms. The van der Waals surface area contributed by atoms with Gasteiger partial charge >= 0.3 is 0 Å². The maximum Gasteiger partial charge on any atom is 0.259 e. The topological polar surface area (TPSA) is 22.0 Å². The summed E-state index contributed by atoms with van der Waals surface area (Å²) in [7, 11) is 0. The maximum absolute atomic E-state index is 12.2. The third-order valence-electron chi connectivity index (χ3n) is 2.43. The van der Waals surface area contributed by atoms with Crippen molar-refractivity contribution in [2.45, 2.75) is 33.2 Å². The van der Waals surface area contributed by atoms with Gasteiger partial charge in [-0.05, 0) is 39.8 Å². The molecule has 2 aromatic heterocycles. The second-order valence-electron chi connectivity index (χ2n) is 4.80. The average molecular weight is 221 g/mol. The fourth-order valence-corrected chi connectivity index (χ4v) is 2.60. The Kier molecular flexibility index (Phi) is 2.23. The molecule has 0 radical (unpaired) electrons. The molecule has 2 nitrogen and oxygen atoms in total. The fraction of sp³-hybridized carbons (Fsp3) is 0.417. The van der Waals surface area contributed by atoms with Crippen LogP contribution < -0.4 is 5.56 Å². The second-order valence-corrected chi connectivity index (χ2v) is 6.08. The first-order chi connectivity index (χ1) is 6.89. The Hall–Kier alpha value is -1.09. The molecule has 0 bridgehead atoms. The van der Waals surface area contributed by atoms with Gasteiger partial charge in [0.25, 0.3) is 5.56 Å². The minimum atomic E-state index is -0.152. The summed E-state index contributed by atoms with van der Waals surface area (Å²) in [6.07, 6.45) is 1.89. The molecular formula is C12H15NOS. The van der Waals surface area contributed by atoms with Gasteiger partial charge in [-0.3, -0.25) is 4.79 Å². The van der Waals surface area contributed by atoms with E-state index in [1.54, 1.807) is 15.9 Å². The smallest absolute Gasteiger partial charge is 0.259 e. The molecule has 0 atom stereocenters. The van der Waals surface area contributed by atoms with Gasteiger partial charge in [0, 0.05) is 21.3 Å². The lowest BCUT2D eigenvalue weighted by atomic mass is 10.1. The van der Waals surface area contributed by atoms with Gasteiger partial charge in [0.15, 0.2) is 0 Å². The van der Waals surface area contributed by atoms with Crippen molar-refractivity contribution in [2.24, 2.45) is 0 Å². The van der Waals surface area contributed by atoms with E-state index in [0.29, 0.717) is 0 Å². The third kappa shape index (κ3) is 1.72. The van der Waals surface area contributed by atoms with Gasteiger partial charge in [0.1, 0.15) is 0 Å². The Morgan fingerprint density at radius 3 is 2.60 bits per heavy atom. The lowest BCUT2D eigenvalue weighted by molar-refractivity contribution is 0.386. The molecule has 80 valence electrons. The first-order valence-electron chi connectivity index (χ1n) is 5.02. The van der Waals surface area contributed by atoms with E-state index in [4.69, 9.17) is 0 Å². The number of pyridine rings is 1. The van der Waals surface area contributed by atoms with E-state index in [-0.39, 0.29) is 11.1 Å². The Bertz CT molecular complexity index is 557. The van der Waals surface area contributed by atoms with Gasteiger partial charge in [-0.15, -0.1) is 11.3 Å². The molecule has 0 unspecified atom stereocenters. The maximum atomic E-state index is 12.2. The van der Waals surface area contributed by atoms with Crippen molar-refractivity contribution in [3.05, 3.63) is 33.6 Å². The average Bonchev–Trinajstić information content (AvgIpc) is 2.44. The van der Waals surface area contributed by atoms with E-state index >= 15 is 0 Å². The number of hydrogen-bond acceptors (Lipinski definition) is 2. The van der Waals surface area contributed by atoms with Gasteiger partial charge in [-0.1, -0.05) is 0 Å². The standard InChI is InChI=1S/C12H15NOS/c1-8-7-9-10(15-8)5-6-13(11(9)14)12(2,3)4/h5-7H,1-4H3. The summed E-state index contributed by atoms with van der Waals surface area (Å²) in [4.78, 5) is 13.3. The van der Waals surface area contributed by atoms with E-state index in [2.05, 4.69) is 0 Å². The van der Waals surface area contributed by atoms with Crippen LogP contribution in [-0.4, -0.2) is 4.57 Å². The van der Waals surface area contributed by atoms with Gasteiger partial charge in [0.05, 0.1) is 5.39 Å². The second kappa shape index (κ2) is 3.20. The Labute approximate surface area is 93.2 Å². The molecule has 2 aromatic rings. The van der Waals surface area contributed by atoms with Crippen LogP contribution in [0.4, 0.5) is 0 Å². The zero-order valence-electron chi connectivity index (χ0n) is 9.50. The van der Waals surface area contributed by atoms with Crippen LogP contribution in [0.3, 0.4) is 0 Å². The van der Waals surface area contributed by atoms with Crippen molar-refractivity contribution in [2.75, 3.05) is 0 Å². The van der Waals surface area contributed by atoms with Crippen molar-refractivity contribution in [3.63, 3.8) is 0 Å². The van der Waals surface area contributed by atoms with E-state index in [9.17, 15) is 4.79 Å². The first-order valence-corrected chi connectivity index (χ1v) is 5.83. The van der Waals surface area contributed by atoms with Crippen LogP contribution in [0.5, 0.6) is 0 Å². The summed E-state index contributed by atoms with van der Waals surface area (Å²) in [5.74, 6) is 0. The predicted molar refractivity (Wildman–Crippen MR) is 65.8 cm³/mol. The highest BCUT2D eigenvalue weighted by Gasteiger charge is 2.16. The molecule has 0 saturated heterocycles. The molecule has 0 saturated carbocycles. The highest BCUT2D eigenvalue weighted by Crippen LogP contribution is 2.23. The fourth-order valence-electron chi connectivity index (χ4n) is 1.69. The minimum Gasteiger partial charge on any atom is -0.310 e. The normalized spacial score (nSPS) is 12.3. The van der Waals surface area contributed by atoms with Crippen LogP contribution >= 0.6 is 11.3 Å². The number of rotatable bonds is 0. The molecule has 0 aliphatic carbocycles. The summed E-state index contributed by atoms with van der Waals surface area (Å²) in [5, 5.41) is 0.843. The van der Waals surface area contributed by atoms with E-state index in [1.165, 1.54) is 4.88 Å². The summed E-state index contributed by atoms with van der Waals surface area (Å²) < 4.78 is 2.87. The molecule has 0 aliphatic rings. The molecule has 0 aliphatic heterocycles. The minimum absolute atomic E-state index is 0.115. The summed E-state index contributed by atoms with van der Waals surface area (Å²) in [6.45, 7) is 8.16. The van der Waals surface area contributed by atoms with E-state index in [1.807, 2.05) is 46.0 Å². The highest BCUT2D eigenvalue weighted by atomic mass is 32.1. The van der Waals surface area contributed by atoms with Crippen LogP contribution in [0.1, 0.15) is 25.6 Å². The summed E-state index contributed by atoms with van der Waals surface area (Å²) in [6, 6.07) is 4.00. The molecule has 2 rings (SSSR count). The lowest BCUT2D eigenvalue weighted by Gasteiger charge is -2.22. The zero-order chi connectivity index (χ0) is 11.2. The van der Waals surface area contributed by atoms with E-state index < -0.39 is 0 Å². The molecule has 2 heterocycles. The number of hydrogen-bond donors (Lipinski definition) is 0. The number of aromatic nitrogens is 1. The Morgan fingerprint density at radius 1 is 1.33 bits per heavy atom. The lowest BCUT2D eigenvalue weighted by Crippen LogP contribution is -2.32. The molecule has 0 aromatic carbocycles. The Morgan fingerprint density at radius 2 is 2.00 bits per heavy atom. The molecule has 0 N–H and O–H groups in total. The van der Waals surface area contributed by atoms with E-state index in [0.717, 1.165) is 10.1 Å². The Balaban J connectivity index is 2.82. The van der Waals surface area contributed by atoms with Crippen LogP contribution in [0.25, 0.3) is 10.1 Å². The summed E-state index contributed by atoms with van der Waals surface area (Å²) >= 11 is 1.67. The highest BCUT2D eigenvalue weighted by molar-refractivity contribution is 7.18. The molecule has 0 fully saturated rings. The van der Waals surface area contributed by atoms with Crippen molar-refractivity contribution in [1.29, 1.82) is 0 Å². The number of thiophene rings is 1. The van der Waals surface area contributed by atoms with Crippen LogP contribution in [0.15, 0.2) is 23.1 Å². The quantitative estimate of drug-likeness (QED) is 0.670. The van der Waals surface area contributed by atoms with Crippen molar-refractivity contribution >= 4 is 21.4 Å². The van der Waals surface area contributed by atoms with Crippen LogP contribution in [-0.2, 0) is 5.54 Å². The van der Waals surface area contributed by atoms with Crippen LogP contribution in [0.2, 0.25) is 0 Å². The van der Waals surface area contributed by atoms with Crippen molar-refractivity contribution in [3.8, 4) is 0 Å². The largest absolute Gasteiger partial charge is 0.310 e. The van der Waals surface area contributed by atoms with Crippen LogP contribution in [0, 0.1) is 6.92 Å². The molecular weight excluding hydrogens is 206 g/mol. The molecule has 15 heavy (non-hydrogen) atoms. The number of fused-ring (bicyclic) bond motifs is 1. The van der Waals surface area contributed by atoms with Crippen molar-refractivity contribution < 1.29 is 0 Å². The monoisotopic (exact) mass is 221 g/mol. The summed E-state index contributed by atoms with van der Waals surface area (Å²) in [5.41, 5.74) is -0.0365. The third-order valence-corrected chi connectivity index (χ3v) is 3.45. The predicted octanol–water partition coefficient (Wildman–Crippen LogP) is 3.13. The molecule has 3 heteroatoms. The zero-order valence-corrected chi connectivity index (χ0v) is 10.3. The SMILES string of the molecule is Cc1cc2c(=O)n(C(C)(C)C)ccc2s1. The number of aryl methyl sites for hydroxylation is 1. The first kappa shape index (κ1) is 10.4. The van der Waals surface area contributed by atoms with Gasteiger partial charge in [-0.25, -0.2) is 0 Å². The van der Waals surface area contributed by atoms with Crippen molar-refractivity contribution in [1.82, 2.24) is 4.57 Å². The van der Waals surface area contributed by atoms with Gasteiger partial charge < -0.3 is 4.57 Å².